The van der Waals surface area contributed by atoms with Crippen LogP contribution in [0.3, 0.4) is 0 Å². The molecule has 2 unspecified atom stereocenters. The summed E-state index contributed by atoms with van der Waals surface area (Å²) in [5.74, 6) is 3.51. The molecule has 1 aromatic carbocycles. The molecule has 2 aromatic rings. The summed E-state index contributed by atoms with van der Waals surface area (Å²) >= 11 is 3.77. The van der Waals surface area contributed by atoms with Gasteiger partial charge in [-0.2, -0.15) is 0 Å². The molecule has 0 aliphatic heterocycles. The highest BCUT2D eigenvalue weighted by Gasteiger charge is 2.38. The second-order valence-corrected chi connectivity index (χ2v) is 9.92. The fourth-order valence-electron chi connectivity index (χ4n) is 4.20. The number of imidazole rings is 1. The molecular formula is C31H35BrN4. The van der Waals surface area contributed by atoms with Gasteiger partial charge in [0.05, 0.1) is 5.92 Å². The van der Waals surface area contributed by atoms with E-state index in [9.17, 15) is 0 Å². The number of hydrogen-bond donors (Lipinski definition) is 1. The predicted molar refractivity (Wildman–Crippen MR) is 158 cm³/mol. The highest BCUT2D eigenvalue weighted by molar-refractivity contribution is 9.10. The summed E-state index contributed by atoms with van der Waals surface area (Å²) in [4.78, 5) is 9.64. The zero-order valence-electron chi connectivity index (χ0n) is 21.2. The Kier molecular flexibility index (Phi) is 9.64. The fourth-order valence-corrected chi connectivity index (χ4v) is 4.78. The van der Waals surface area contributed by atoms with Crippen molar-refractivity contribution in [1.29, 1.82) is 0 Å². The zero-order valence-corrected chi connectivity index (χ0v) is 22.8. The van der Waals surface area contributed by atoms with Gasteiger partial charge in [0.1, 0.15) is 10.3 Å². The Bertz CT molecular complexity index is 1230. The Labute approximate surface area is 224 Å². The molecule has 36 heavy (non-hydrogen) atoms. The highest BCUT2D eigenvalue weighted by Crippen LogP contribution is 2.37. The van der Waals surface area contributed by atoms with Crippen molar-refractivity contribution in [2.75, 3.05) is 0 Å². The van der Waals surface area contributed by atoms with E-state index in [0.29, 0.717) is 5.95 Å². The molecule has 0 bridgehead atoms. The Balaban J connectivity index is 1.98. The molecule has 186 valence electrons. The van der Waals surface area contributed by atoms with E-state index in [2.05, 4.69) is 48.1 Å². The average molecular weight is 544 g/mol. The first kappa shape index (κ1) is 27.4. The van der Waals surface area contributed by atoms with E-state index in [1.807, 2.05) is 78.4 Å². The maximum absolute atomic E-state index is 6.46. The van der Waals surface area contributed by atoms with Crippen molar-refractivity contribution < 1.29 is 0 Å². The van der Waals surface area contributed by atoms with Crippen molar-refractivity contribution in [3.05, 3.63) is 89.6 Å². The number of terminal acetylenes is 1. The molecule has 1 aliphatic carbocycles. The number of nitrogens with two attached hydrogens (primary N) is 1. The van der Waals surface area contributed by atoms with E-state index in [0.717, 1.165) is 52.7 Å². The van der Waals surface area contributed by atoms with Gasteiger partial charge in [-0.3, -0.25) is 4.57 Å². The Hall–Kier alpha value is -3.20. The van der Waals surface area contributed by atoms with Gasteiger partial charge in [0, 0.05) is 29.4 Å². The molecule has 5 heteroatoms. The van der Waals surface area contributed by atoms with Gasteiger partial charge in [-0.1, -0.05) is 66.6 Å². The van der Waals surface area contributed by atoms with Crippen molar-refractivity contribution in [3.63, 3.8) is 0 Å². The SMILES string of the molecule is C#CC(\C=C/C(/C=N/c1nc(-c2ccccc2)c(Br)n1/C=C(\C)C(C=C)CC=C)=C\C)C1(N)CCC1. The first-order valence-corrected chi connectivity index (χ1v) is 13.0. The number of aromatic nitrogens is 2. The van der Waals surface area contributed by atoms with Crippen molar-refractivity contribution in [1.82, 2.24) is 9.55 Å². The monoisotopic (exact) mass is 542 g/mol. The van der Waals surface area contributed by atoms with E-state index in [1.165, 1.54) is 0 Å². The molecule has 0 radical (unpaired) electrons. The van der Waals surface area contributed by atoms with Crippen molar-refractivity contribution in [3.8, 4) is 23.6 Å². The summed E-state index contributed by atoms with van der Waals surface area (Å²) < 4.78 is 2.81. The number of benzene rings is 1. The normalized spacial score (nSPS) is 17.5. The molecule has 1 aromatic heterocycles. The smallest absolute Gasteiger partial charge is 0.235 e. The van der Waals surface area contributed by atoms with Crippen molar-refractivity contribution >= 4 is 34.3 Å². The largest absolute Gasteiger partial charge is 0.324 e. The quantitative estimate of drug-likeness (QED) is 0.136. The van der Waals surface area contributed by atoms with Crippen LogP contribution in [-0.4, -0.2) is 21.3 Å². The molecule has 4 nitrogen and oxygen atoms in total. The Morgan fingerprint density at radius 1 is 1.33 bits per heavy atom. The predicted octanol–water partition coefficient (Wildman–Crippen LogP) is 7.89. The third kappa shape index (κ3) is 6.32. The molecule has 1 fully saturated rings. The summed E-state index contributed by atoms with van der Waals surface area (Å²) in [6.07, 6.45) is 23.4. The van der Waals surface area contributed by atoms with Crippen LogP contribution < -0.4 is 5.73 Å². The fraction of sp³-hybridized carbons (Fsp3) is 0.290. The minimum Gasteiger partial charge on any atom is -0.324 e. The van der Waals surface area contributed by atoms with Crippen LogP contribution in [0.5, 0.6) is 0 Å². The van der Waals surface area contributed by atoms with Crippen LogP contribution in [0.15, 0.2) is 94.6 Å². The molecule has 0 spiro atoms. The molecule has 2 N–H and O–H groups in total. The van der Waals surface area contributed by atoms with Crippen LogP contribution in [-0.2, 0) is 0 Å². The summed E-state index contributed by atoms with van der Waals surface area (Å²) in [5.41, 5.74) is 10.1. The number of rotatable bonds is 11. The van der Waals surface area contributed by atoms with Gasteiger partial charge in [-0.15, -0.1) is 19.6 Å². The van der Waals surface area contributed by atoms with Gasteiger partial charge in [-0.25, -0.2) is 9.98 Å². The standard InChI is InChI=1S/C31H35BrN4/c1-6-14-25(8-3)23(5)22-36-29(32)28(26-15-11-10-12-16-26)35-30(36)34-21-24(7-2)17-18-27(9-4)31(33)19-13-20-31/h4,6-8,10-12,15-18,21-22,25,27H,1,3,13-14,19-20,33H2,2,5H3/b18-17-,23-22+,24-7+,34-21+. The zero-order chi connectivity index (χ0) is 26.1. The van der Waals surface area contributed by atoms with Gasteiger partial charge in [0.2, 0.25) is 5.95 Å². The first-order chi connectivity index (χ1) is 17.4. The number of halogens is 1. The molecular weight excluding hydrogens is 508 g/mol. The van der Waals surface area contributed by atoms with Gasteiger partial charge in [-0.05, 0) is 66.6 Å². The molecule has 1 heterocycles. The van der Waals surface area contributed by atoms with Crippen LogP contribution in [0.2, 0.25) is 0 Å². The Morgan fingerprint density at radius 2 is 2.06 bits per heavy atom. The third-order valence-corrected chi connectivity index (χ3v) is 7.49. The lowest BCUT2D eigenvalue weighted by molar-refractivity contribution is 0.215. The molecule has 0 amide bonds. The van der Waals surface area contributed by atoms with Crippen LogP contribution in [0, 0.1) is 24.2 Å². The van der Waals surface area contributed by atoms with Crippen molar-refractivity contribution in [2.45, 2.75) is 45.1 Å². The first-order valence-electron chi connectivity index (χ1n) is 12.2. The summed E-state index contributed by atoms with van der Waals surface area (Å²) in [5, 5.41) is 0. The van der Waals surface area contributed by atoms with Crippen molar-refractivity contribution in [2.24, 2.45) is 22.6 Å². The van der Waals surface area contributed by atoms with Gasteiger partial charge in [0.25, 0.3) is 0 Å². The second kappa shape index (κ2) is 12.7. The number of nitrogens with zero attached hydrogens (tertiary/aromatic N) is 3. The minimum atomic E-state index is -0.289. The lowest BCUT2D eigenvalue weighted by Gasteiger charge is -2.41. The van der Waals surface area contributed by atoms with E-state index < -0.39 is 0 Å². The van der Waals surface area contributed by atoms with Gasteiger partial charge in [0.15, 0.2) is 0 Å². The number of hydrogen-bond acceptors (Lipinski definition) is 3. The summed E-state index contributed by atoms with van der Waals surface area (Å²) in [6, 6.07) is 10.1. The van der Waals surface area contributed by atoms with Gasteiger partial charge < -0.3 is 5.73 Å². The minimum absolute atomic E-state index is 0.0957. The molecule has 2 atom stereocenters. The maximum atomic E-state index is 6.46. The summed E-state index contributed by atoms with van der Waals surface area (Å²) in [7, 11) is 0. The van der Waals surface area contributed by atoms with Crippen LogP contribution >= 0.6 is 15.9 Å². The van der Waals surface area contributed by atoms with Crippen LogP contribution in [0.4, 0.5) is 5.95 Å². The third-order valence-electron chi connectivity index (χ3n) is 6.73. The average Bonchev–Trinajstić information content (AvgIpc) is 3.18. The van der Waals surface area contributed by atoms with E-state index in [-0.39, 0.29) is 17.4 Å². The molecule has 1 aliphatic rings. The van der Waals surface area contributed by atoms with Crippen LogP contribution in [0.1, 0.15) is 39.5 Å². The van der Waals surface area contributed by atoms with E-state index >= 15 is 0 Å². The lowest BCUT2D eigenvalue weighted by atomic mass is 9.69. The molecule has 3 rings (SSSR count). The number of aliphatic imine (C=N–C) groups is 1. The Morgan fingerprint density at radius 3 is 2.61 bits per heavy atom. The van der Waals surface area contributed by atoms with Gasteiger partial charge >= 0.3 is 0 Å². The van der Waals surface area contributed by atoms with E-state index in [4.69, 9.17) is 22.1 Å². The number of allylic oxidation sites excluding steroid dienone is 6. The lowest BCUT2D eigenvalue weighted by Crippen LogP contribution is -2.51. The topological polar surface area (TPSA) is 56.2 Å². The molecule has 0 saturated heterocycles. The highest BCUT2D eigenvalue weighted by atomic mass is 79.9. The van der Waals surface area contributed by atoms with E-state index in [1.54, 1.807) is 0 Å². The second-order valence-electron chi connectivity index (χ2n) is 9.16. The molecule has 1 saturated carbocycles. The van der Waals surface area contributed by atoms with Crippen LogP contribution in [0.25, 0.3) is 17.5 Å². The maximum Gasteiger partial charge on any atom is 0.235 e. The summed E-state index contributed by atoms with van der Waals surface area (Å²) in [6.45, 7) is 11.9.